The van der Waals surface area contributed by atoms with Gasteiger partial charge in [-0.25, -0.2) is 13.4 Å². The number of hydrogen-bond donors (Lipinski definition) is 0. The van der Waals surface area contributed by atoms with Gasteiger partial charge in [-0.3, -0.25) is 0 Å². The molecule has 158 valence electrons. The van der Waals surface area contributed by atoms with Gasteiger partial charge in [-0.15, -0.1) is 11.3 Å². The van der Waals surface area contributed by atoms with Gasteiger partial charge in [0.15, 0.2) is 15.0 Å². The van der Waals surface area contributed by atoms with Gasteiger partial charge >= 0.3 is 0 Å². The minimum Gasteiger partial charge on any atom is -0.348 e. The van der Waals surface area contributed by atoms with Crippen LogP contribution >= 0.6 is 34.5 Å². The number of aryl methyl sites for hydroxylation is 1. The third-order valence-electron chi connectivity index (χ3n) is 5.40. The van der Waals surface area contributed by atoms with Crippen molar-refractivity contribution in [2.45, 2.75) is 36.3 Å². The lowest BCUT2D eigenvalue weighted by Crippen LogP contribution is -2.39. The molecule has 2 heterocycles. The largest absolute Gasteiger partial charge is 0.348 e. The first-order valence-corrected chi connectivity index (χ1v) is 12.9. The first-order valence-electron chi connectivity index (χ1n) is 9.77. The van der Waals surface area contributed by atoms with Crippen LogP contribution in [0.3, 0.4) is 0 Å². The zero-order chi connectivity index (χ0) is 21.3. The molecular weight excluding hydrogens is 459 g/mol. The van der Waals surface area contributed by atoms with Crippen molar-refractivity contribution in [1.82, 2.24) is 4.98 Å². The molecule has 4 nitrogen and oxygen atoms in total. The quantitative estimate of drug-likeness (QED) is 0.463. The Kier molecular flexibility index (Phi) is 6.39. The molecular formula is C22H22Cl2N2O2S2. The van der Waals surface area contributed by atoms with Crippen LogP contribution in [-0.4, -0.2) is 31.7 Å². The van der Waals surface area contributed by atoms with Gasteiger partial charge in [-0.05, 0) is 43.5 Å². The topological polar surface area (TPSA) is 50.3 Å². The second-order valence-electron chi connectivity index (χ2n) is 7.59. The maximum atomic E-state index is 13.1. The molecule has 0 aliphatic carbocycles. The van der Waals surface area contributed by atoms with Crippen LogP contribution in [0.15, 0.2) is 52.7 Å². The Morgan fingerprint density at radius 1 is 1.10 bits per heavy atom. The Bertz CT molecular complexity index is 1140. The lowest BCUT2D eigenvalue weighted by atomic mass is 10.1. The van der Waals surface area contributed by atoms with Crippen LogP contribution in [0.1, 0.15) is 29.7 Å². The van der Waals surface area contributed by atoms with Crippen LogP contribution in [0.4, 0.5) is 5.13 Å². The van der Waals surface area contributed by atoms with E-state index in [1.807, 2.05) is 0 Å². The van der Waals surface area contributed by atoms with E-state index in [0.717, 1.165) is 17.2 Å². The van der Waals surface area contributed by atoms with Gasteiger partial charge in [0.05, 0.1) is 20.9 Å². The number of aromatic nitrogens is 1. The van der Waals surface area contributed by atoms with Crippen molar-refractivity contribution in [1.29, 1.82) is 0 Å². The summed E-state index contributed by atoms with van der Waals surface area (Å²) in [5.74, 6) is 0. The average Bonchev–Trinajstić information content (AvgIpc) is 3.20. The molecule has 2 aromatic carbocycles. The van der Waals surface area contributed by atoms with Gasteiger partial charge in [0.25, 0.3) is 0 Å². The summed E-state index contributed by atoms with van der Waals surface area (Å²) in [6.07, 6.45) is 1.88. The second-order valence-corrected chi connectivity index (χ2v) is 11.5. The van der Waals surface area contributed by atoms with Crippen LogP contribution < -0.4 is 4.90 Å². The number of thiazole rings is 1. The Morgan fingerprint density at radius 2 is 1.80 bits per heavy atom. The number of piperidine rings is 1. The van der Waals surface area contributed by atoms with Crippen LogP contribution in [0.2, 0.25) is 10.0 Å². The highest BCUT2D eigenvalue weighted by Crippen LogP contribution is 2.33. The van der Waals surface area contributed by atoms with E-state index < -0.39 is 15.1 Å². The molecule has 0 spiro atoms. The molecule has 8 heteroatoms. The van der Waals surface area contributed by atoms with E-state index in [1.54, 1.807) is 17.4 Å². The lowest BCUT2D eigenvalue weighted by molar-refractivity contribution is 0.529. The van der Waals surface area contributed by atoms with E-state index in [2.05, 4.69) is 41.5 Å². The molecule has 1 fully saturated rings. The van der Waals surface area contributed by atoms with Crippen LogP contribution in [0.5, 0.6) is 0 Å². The molecule has 0 N–H and O–H groups in total. The Labute approximate surface area is 191 Å². The molecule has 0 unspecified atom stereocenters. The van der Waals surface area contributed by atoms with Crippen molar-refractivity contribution in [2.24, 2.45) is 0 Å². The number of halogens is 2. The zero-order valence-corrected chi connectivity index (χ0v) is 19.7. The third-order valence-corrected chi connectivity index (χ3v) is 9.32. The molecule has 0 atom stereocenters. The summed E-state index contributed by atoms with van der Waals surface area (Å²) in [5, 5.41) is 3.18. The standard InChI is InChI=1S/C22H22Cl2N2O2S2/c1-15-2-4-16(5-3-15)12-18-14-29-22(25-18)26-10-8-19(9-11-26)30(27,28)21-13-17(23)6-7-20(21)24/h2-7,13-14,19H,8-12H2,1H3. The molecule has 1 aromatic heterocycles. The van der Waals surface area contributed by atoms with Gasteiger partial charge in [-0.1, -0.05) is 53.0 Å². The molecule has 3 aromatic rings. The van der Waals surface area contributed by atoms with Crippen molar-refractivity contribution < 1.29 is 8.42 Å². The van der Waals surface area contributed by atoms with E-state index >= 15 is 0 Å². The lowest BCUT2D eigenvalue weighted by Gasteiger charge is -2.31. The van der Waals surface area contributed by atoms with Gasteiger partial charge in [0.2, 0.25) is 0 Å². The van der Waals surface area contributed by atoms with Crippen molar-refractivity contribution in [3.8, 4) is 0 Å². The summed E-state index contributed by atoms with van der Waals surface area (Å²) in [4.78, 5) is 7.08. The average molecular weight is 481 g/mol. The molecule has 1 aliphatic heterocycles. The number of nitrogens with zero attached hydrogens (tertiary/aromatic N) is 2. The monoisotopic (exact) mass is 480 g/mol. The van der Waals surface area contributed by atoms with Crippen molar-refractivity contribution in [3.05, 3.63) is 74.7 Å². The molecule has 30 heavy (non-hydrogen) atoms. The predicted octanol–water partition coefficient (Wildman–Crippen LogP) is 5.79. The summed E-state index contributed by atoms with van der Waals surface area (Å²) in [6, 6.07) is 13.1. The third kappa shape index (κ3) is 4.67. The van der Waals surface area contributed by atoms with Gasteiger partial charge in [0.1, 0.15) is 0 Å². The summed E-state index contributed by atoms with van der Waals surface area (Å²) < 4.78 is 26.1. The minimum atomic E-state index is -3.52. The number of benzene rings is 2. The predicted molar refractivity (Wildman–Crippen MR) is 125 cm³/mol. The highest BCUT2D eigenvalue weighted by molar-refractivity contribution is 7.92. The van der Waals surface area contributed by atoms with Crippen LogP contribution in [0.25, 0.3) is 0 Å². The van der Waals surface area contributed by atoms with E-state index in [4.69, 9.17) is 28.2 Å². The van der Waals surface area contributed by atoms with E-state index in [0.29, 0.717) is 31.0 Å². The van der Waals surface area contributed by atoms with E-state index in [1.165, 1.54) is 23.3 Å². The Hall–Kier alpha value is -1.60. The highest BCUT2D eigenvalue weighted by Gasteiger charge is 2.33. The SMILES string of the molecule is Cc1ccc(Cc2csc(N3CCC(S(=O)(=O)c4cc(Cl)ccc4Cl)CC3)n2)cc1. The zero-order valence-electron chi connectivity index (χ0n) is 16.5. The maximum Gasteiger partial charge on any atom is 0.185 e. The van der Waals surface area contributed by atoms with Gasteiger partial charge < -0.3 is 4.90 Å². The Morgan fingerprint density at radius 3 is 2.50 bits per heavy atom. The van der Waals surface area contributed by atoms with E-state index in [9.17, 15) is 8.42 Å². The summed E-state index contributed by atoms with van der Waals surface area (Å²) in [7, 11) is -3.52. The fraction of sp³-hybridized carbons (Fsp3) is 0.318. The molecule has 0 bridgehead atoms. The van der Waals surface area contributed by atoms with Crippen LogP contribution in [-0.2, 0) is 16.3 Å². The van der Waals surface area contributed by atoms with Gasteiger partial charge in [0, 0.05) is 29.9 Å². The highest BCUT2D eigenvalue weighted by atomic mass is 35.5. The molecule has 0 radical (unpaired) electrons. The molecule has 0 amide bonds. The number of anilines is 1. The maximum absolute atomic E-state index is 13.1. The minimum absolute atomic E-state index is 0.129. The summed E-state index contributed by atoms with van der Waals surface area (Å²) in [6.45, 7) is 3.38. The molecule has 1 aliphatic rings. The summed E-state index contributed by atoms with van der Waals surface area (Å²) in [5.41, 5.74) is 3.52. The number of hydrogen-bond acceptors (Lipinski definition) is 5. The van der Waals surface area contributed by atoms with E-state index in [-0.39, 0.29) is 9.92 Å². The van der Waals surface area contributed by atoms with Crippen molar-refractivity contribution in [3.63, 3.8) is 0 Å². The normalized spacial score (nSPS) is 15.5. The van der Waals surface area contributed by atoms with Crippen molar-refractivity contribution in [2.75, 3.05) is 18.0 Å². The molecule has 4 rings (SSSR count). The Balaban J connectivity index is 1.42. The van der Waals surface area contributed by atoms with Crippen molar-refractivity contribution >= 4 is 49.5 Å². The second kappa shape index (κ2) is 8.87. The number of sulfone groups is 1. The van der Waals surface area contributed by atoms with Crippen LogP contribution in [0, 0.1) is 6.92 Å². The fourth-order valence-electron chi connectivity index (χ4n) is 3.67. The number of rotatable bonds is 5. The smallest absolute Gasteiger partial charge is 0.185 e. The fourth-order valence-corrected chi connectivity index (χ4v) is 7.05. The molecule has 1 saturated heterocycles. The first kappa shape index (κ1) is 21.6. The first-order chi connectivity index (χ1) is 14.3. The van der Waals surface area contributed by atoms with Gasteiger partial charge in [-0.2, -0.15) is 0 Å². The summed E-state index contributed by atoms with van der Waals surface area (Å²) >= 11 is 13.8. The molecule has 0 saturated carbocycles.